The van der Waals surface area contributed by atoms with Crippen LogP contribution in [0, 0.1) is 13.8 Å². The van der Waals surface area contributed by atoms with E-state index in [1.54, 1.807) is 13.8 Å². The fraction of sp³-hybridized carbons (Fsp3) is 0.235. The Bertz CT molecular complexity index is 712. The molecule has 0 fully saturated rings. The van der Waals surface area contributed by atoms with Crippen molar-refractivity contribution in [3.05, 3.63) is 51.3 Å². The summed E-state index contributed by atoms with van der Waals surface area (Å²) in [5.41, 5.74) is 3.83. The maximum atomic E-state index is 12.1. The molecule has 0 radical (unpaired) electrons. The van der Waals surface area contributed by atoms with E-state index >= 15 is 0 Å². The molecule has 3 nitrogen and oxygen atoms in total. The number of hydrogen-bond acceptors (Lipinski definition) is 3. The van der Waals surface area contributed by atoms with Crippen LogP contribution in [0.25, 0.3) is 11.1 Å². The highest BCUT2D eigenvalue weighted by Crippen LogP contribution is 2.36. The maximum absolute atomic E-state index is 12.1. The van der Waals surface area contributed by atoms with E-state index in [2.05, 4.69) is 20.9 Å². The molecule has 0 atom stereocenters. The van der Waals surface area contributed by atoms with Crippen LogP contribution in [0.1, 0.15) is 46.0 Å². The maximum Gasteiger partial charge on any atom is 0.162 e. The Morgan fingerprint density at radius 1 is 0.952 bits per heavy atom. The first kappa shape index (κ1) is 15.6. The van der Waals surface area contributed by atoms with Gasteiger partial charge in [-0.2, -0.15) is 0 Å². The third-order valence-electron chi connectivity index (χ3n) is 3.41. The van der Waals surface area contributed by atoms with Gasteiger partial charge in [-0.15, -0.1) is 0 Å². The van der Waals surface area contributed by atoms with Gasteiger partial charge >= 0.3 is 0 Å². The van der Waals surface area contributed by atoms with E-state index in [1.165, 1.54) is 13.8 Å². The largest absolute Gasteiger partial charge is 0.294 e. The van der Waals surface area contributed by atoms with Crippen LogP contribution < -0.4 is 0 Å². The molecule has 4 heteroatoms. The lowest BCUT2D eigenvalue weighted by atomic mass is 9.89. The number of benzene rings is 1. The molecule has 0 amide bonds. The fourth-order valence-electron chi connectivity index (χ4n) is 2.65. The summed E-state index contributed by atoms with van der Waals surface area (Å²) >= 11 is 3.51. The Hall–Kier alpha value is -1.81. The van der Waals surface area contributed by atoms with E-state index in [9.17, 15) is 9.59 Å². The van der Waals surface area contributed by atoms with Crippen LogP contribution in [-0.2, 0) is 0 Å². The molecule has 21 heavy (non-hydrogen) atoms. The lowest BCUT2D eigenvalue weighted by Crippen LogP contribution is -2.11. The second-order valence-corrected chi connectivity index (χ2v) is 5.85. The van der Waals surface area contributed by atoms with E-state index in [4.69, 9.17) is 0 Å². The summed E-state index contributed by atoms with van der Waals surface area (Å²) in [6.45, 7) is 6.61. The van der Waals surface area contributed by atoms with Gasteiger partial charge in [0.1, 0.15) is 0 Å². The van der Waals surface area contributed by atoms with E-state index in [0.717, 1.165) is 10.0 Å². The van der Waals surface area contributed by atoms with E-state index in [1.807, 2.05) is 24.3 Å². The molecular weight excluding hydrogens is 330 g/mol. The topological polar surface area (TPSA) is 47.0 Å². The Morgan fingerprint density at radius 3 is 1.86 bits per heavy atom. The number of aryl methyl sites for hydroxylation is 2. The van der Waals surface area contributed by atoms with Gasteiger partial charge in [-0.1, -0.05) is 34.1 Å². The molecule has 0 bridgehead atoms. The molecule has 1 heterocycles. The minimum Gasteiger partial charge on any atom is -0.294 e. The van der Waals surface area contributed by atoms with Gasteiger partial charge in [0.05, 0.1) is 0 Å². The molecule has 0 aliphatic heterocycles. The summed E-state index contributed by atoms with van der Waals surface area (Å²) in [4.78, 5) is 28.6. The van der Waals surface area contributed by atoms with Gasteiger partial charge in [0.15, 0.2) is 11.6 Å². The number of rotatable bonds is 3. The first-order chi connectivity index (χ1) is 9.84. The second-order valence-electron chi connectivity index (χ2n) is 5.00. The first-order valence-corrected chi connectivity index (χ1v) is 7.41. The molecule has 108 valence electrons. The summed E-state index contributed by atoms with van der Waals surface area (Å²) in [5, 5.41) is 0. The lowest BCUT2D eigenvalue weighted by molar-refractivity contribution is 0.101. The predicted molar refractivity (Wildman–Crippen MR) is 86.9 cm³/mol. The van der Waals surface area contributed by atoms with Crippen LogP contribution in [0.15, 0.2) is 28.7 Å². The molecule has 0 saturated carbocycles. The number of nitrogens with zero attached hydrogens (tertiary/aromatic N) is 1. The normalized spacial score (nSPS) is 10.5. The van der Waals surface area contributed by atoms with E-state index in [0.29, 0.717) is 28.1 Å². The standard InChI is InChI=1S/C17H16BrNO2/c1-9-15(11(3)20)17(13-7-5-6-8-14(13)18)16(12(4)21)10(2)19-9/h5-8H,1-4H3. The SMILES string of the molecule is CC(=O)c1c(C)nc(C)c(C(C)=O)c1-c1ccccc1Br. The average Bonchev–Trinajstić information content (AvgIpc) is 2.37. The summed E-state index contributed by atoms with van der Waals surface area (Å²) < 4.78 is 0.847. The summed E-state index contributed by atoms with van der Waals surface area (Å²) in [7, 11) is 0. The molecule has 0 saturated heterocycles. The van der Waals surface area contributed by atoms with Crippen molar-refractivity contribution in [2.24, 2.45) is 0 Å². The van der Waals surface area contributed by atoms with Crippen LogP contribution in [0.3, 0.4) is 0 Å². The van der Waals surface area contributed by atoms with Crippen molar-refractivity contribution in [3.63, 3.8) is 0 Å². The van der Waals surface area contributed by atoms with Gasteiger partial charge in [-0.3, -0.25) is 14.6 Å². The van der Waals surface area contributed by atoms with Crippen molar-refractivity contribution in [1.29, 1.82) is 0 Å². The van der Waals surface area contributed by atoms with Gasteiger partial charge in [-0.25, -0.2) is 0 Å². The van der Waals surface area contributed by atoms with E-state index in [-0.39, 0.29) is 11.6 Å². The number of pyridine rings is 1. The van der Waals surface area contributed by atoms with Gasteiger partial charge in [0.25, 0.3) is 0 Å². The van der Waals surface area contributed by atoms with Crippen molar-refractivity contribution in [1.82, 2.24) is 4.98 Å². The quantitative estimate of drug-likeness (QED) is 0.767. The monoisotopic (exact) mass is 345 g/mol. The number of carbonyl (C=O) groups is 2. The highest BCUT2D eigenvalue weighted by molar-refractivity contribution is 9.10. The predicted octanol–water partition coefficient (Wildman–Crippen LogP) is 4.53. The molecule has 2 rings (SSSR count). The zero-order valence-electron chi connectivity index (χ0n) is 12.5. The Kier molecular flexibility index (Phi) is 4.37. The molecule has 1 aromatic heterocycles. The number of aromatic nitrogens is 1. The minimum absolute atomic E-state index is 0.0896. The van der Waals surface area contributed by atoms with Gasteiger partial charge in [0, 0.05) is 32.6 Å². The first-order valence-electron chi connectivity index (χ1n) is 6.62. The van der Waals surface area contributed by atoms with E-state index < -0.39 is 0 Å². The Morgan fingerprint density at radius 2 is 1.43 bits per heavy atom. The Labute approximate surface area is 132 Å². The highest BCUT2D eigenvalue weighted by Gasteiger charge is 2.23. The van der Waals surface area contributed by atoms with Crippen molar-refractivity contribution in [2.45, 2.75) is 27.7 Å². The third kappa shape index (κ3) is 2.81. The number of hydrogen-bond donors (Lipinski definition) is 0. The Balaban J connectivity index is 3.00. The number of carbonyl (C=O) groups excluding carboxylic acids is 2. The molecule has 0 unspecified atom stereocenters. The minimum atomic E-state index is -0.0896. The van der Waals surface area contributed by atoms with Crippen molar-refractivity contribution < 1.29 is 9.59 Å². The number of halogens is 1. The lowest BCUT2D eigenvalue weighted by Gasteiger charge is -2.17. The molecule has 0 aliphatic rings. The van der Waals surface area contributed by atoms with Crippen molar-refractivity contribution >= 4 is 27.5 Å². The van der Waals surface area contributed by atoms with Crippen molar-refractivity contribution in [2.75, 3.05) is 0 Å². The smallest absolute Gasteiger partial charge is 0.162 e. The van der Waals surface area contributed by atoms with Gasteiger partial charge in [0.2, 0.25) is 0 Å². The van der Waals surface area contributed by atoms with Crippen LogP contribution >= 0.6 is 15.9 Å². The van der Waals surface area contributed by atoms with Crippen molar-refractivity contribution in [3.8, 4) is 11.1 Å². The summed E-state index contributed by atoms with van der Waals surface area (Å²) in [5.74, 6) is -0.179. The van der Waals surface area contributed by atoms with Crippen LogP contribution in [-0.4, -0.2) is 16.6 Å². The average molecular weight is 346 g/mol. The number of ketones is 2. The molecule has 0 aliphatic carbocycles. The summed E-state index contributed by atoms with van der Waals surface area (Å²) in [6, 6.07) is 7.58. The third-order valence-corrected chi connectivity index (χ3v) is 4.10. The van der Waals surface area contributed by atoms with Crippen LogP contribution in [0.2, 0.25) is 0 Å². The zero-order chi connectivity index (χ0) is 15.7. The van der Waals surface area contributed by atoms with Gasteiger partial charge < -0.3 is 0 Å². The fourth-order valence-corrected chi connectivity index (χ4v) is 3.13. The van der Waals surface area contributed by atoms with Crippen LogP contribution in [0.5, 0.6) is 0 Å². The van der Waals surface area contributed by atoms with Crippen LogP contribution in [0.4, 0.5) is 0 Å². The molecule has 0 N–H and O–H groups in total. The second kappa shape index (κ2) is 5.90. The highest BCUT2D eigenvalue weighted by atomic mass is 79.9. The molecular formula is C17H16BrNO2. The summed E-state index contributed by atoms with van der Waals surface area (Å²) in [6.07, 6.45) is 0. The molecule has 2 aromatic rings. The zero-order valence-corrected chi connectivity index (χ0v) is 14.0. The van der Waals surface area contributed by atoms with Gasteiger partial charge in [-0.05, 0) is 39.3 Å². The molecule has 0 spiro atoms. The number of Topliss-reactive ketones (excluding diaryl/α,β-unsaturated/α-hetero) is 2. The molecule has 1 aromatic carbocycles.